The molecule has 1 heterocycles. The Balaban J connectivity index is 1.90. The normalized spacial score (nSPS) is 16.3. The van der Waals surface area contributed by atoms with Crippen LogP contribution in [0.15, 0.2) is 43.0 Å². The standard InChI is InChI=1S/C15H21N3O2S2/c1-2-8-16-15(21)17-9-11-18(12-10-17)22(19,20)13-14-6-4-3-5-7-14/h2-7H,1,8-13H2,(H,16,21). The van der Waals surface area contributed by atoms with Crippen LogP contribution in [0.2, 0.25) is 0 Å². The monoisotopic (exact) mass is 339 g/mol. The average molecular weight is 339 g/mol. The largest absolute Gasteiger partial charge is 0.359 e. The molecule has 0 bridgehead atoms. The number of hydrogen-bond donors (Lipinski definition) is 1. The Bertz CT molecular complexity index is 609. The van der Waals surface area contributed by atoms with Crippen molar-refractivity contribution in [1.82, 2.24) is 14.5 Å². The van der Waals surface area contributed by atoms with Crippen LogP contribution in [0.3, 0.4) is 0 Å². The molecule has 2 rings (SSSR count). The highest BCUT2D eigenvalue weighted by Crippen LogP contribution is 2.13. The van der Waals surface area contributed by atoms with Crippen molar-refractivity contribution in [2.24, 2.45) is 0 Å². The highest BCUT2D eigenvalue weighted by atomic mass is 32.2. The molecule has 1 aliphatic rings. The van der Waals surface area contributed by atoms with Crippen molar-refractivity contribution in [3.05, 3.63) is 48.6 Å². The molecule has 0 atom stereocenters. The molecule has 120 valence electrons. The summed E-state index contributed by atoms with van der Waals surface area (Å²) < 4.78 is 26.4. The van der Waals surface area contributed by atoms with Gasteiger partial charge in [-0.15, -0.1) is 6.58 Å². The summed E-state index contributed by atoms with van der Waals surface area (Å²) in [6.07, 6.45) is 1.74. The van der Waals surface area contributed by atoms with Crippen molar-refractivity contribution in [3.63, 3.8) is 0 Å². The molecule has 1 saturated heterocycles. The van der Waals surface area contributed by atoms with Gasteiger partial charge in [-0.25, -0.2) is 8.42 Å². The number of benzene rings is 1. The Labute approximate surface area is 137 Å². The predicted octanol–water partition coefficient (Wildman–Crippen LogP) is 1.19. The van der Waals surface area contributed by atoms with Gasteiger partial charge in [0.05, 0.1) is 5.75 Å². The van der Waals surface area contributed by atoms with Crippen molar-refractivity contribution in [1.29, 1.82) is 0 Å². The van der Waals surface area contributed by atoms with Crippen LogP contribution in [0.1, 0.15) is 5.56 Å². The van der Waals surface area contributed by atoms with Crippen molar-refractivity contribution in [2.45, 2.75) is 5.75 Å². The summed E-state index contributed by atoms with van der Waals surface area (Å²) in [6, 6.07) is 9.26. The van der Waals surface area contributed by atoms with E-state index in [9.17, 15) is 8.42 Å². The smallest absolute Gasteiger partial charge is 0.218 e. The summed E-state index contributed by atoms with van der Waals surface area (Å²) in [5.41, 5.74) is 0.813. The van der Waals surface area contributed by atoms with E-state index < -0.39 is 10.0 Å². The van der Waals surface area contributed by atoms with E-state index in [1.54, 1.807) is 10.4 Å². The van der Waals surface area contributed by atoms with Crippen LogP contribution in [0.5, 0.6) is 0 Å². The van der Waals surface area contributed by atoms with Gasteiger partial charge in [-0.1, -0.05) is 36.4 Å². The van der Waals surface area contributed by atoms with E-state index in [0.717, 1.165) is 5.56 Å². The molecule has 1 N–H and O–H groups in total. The maximum atomic E-state index is 12.4. The molecule has 0 saturated carbocycles. The van der Waals surface area contributed by atoms with E-state index in [-0.39, 0.29) is 5.75 Å². The topological polar surface area (TPSA) is 52.6 Å². The van der Waals surface area contributed by atoms with Gasteiger partial charge in [-0.3, -0.25) is 0 Å². The first-order valence-corrected chi connectivity index (χ1v) is 9.20. The number of nitrogens with one attached hydrogen (secondary N) is 1. The summed E-state index contributed by atoms with van der Waals surface area (Å²) in [6.45, 7) is 6.39. The minimum atomic E-state index is -3.28. The number of piperazine rings is 1. The van der Waals surface area contributed by atoms with E-state index in [1.165, 1.54) is 0 Å². The molecule has 1 fully saturated rings. The Hall–Kier alpha value is -1.44. The second kappa shape index (κ2) is 7.71. The predicted molar refractivity (Wildman–Crippen MR) is 93.0 cm³/mol. The molecule has 0 aromatic heterocycles. The van der Waals surface area contributed by atoms with Gasteiger partial charge in [-0.2, -0.15) is 4.31 Å². The minimum absolute atomic E-state index is 0.0486. The van der Waals surface area contributed by atoms with Gasteiger partial charge < -0.3 is 10.2 Å². The van der Waals surface area contributed by atoms with E-state index in [0.29, 0.717) is 37.8 Å². The fraction of sp³-hybridized carbons (Fsp3) is 0.400. The lowest BCUT2D eigenvalue weighted by molar-refractivity contribution is 0.264. The molecule has 1 aliphatic heterocycles. The Morgan fingerprint density at radius 1 is 1.23 bits per heavy atom. The summed E-state index contributed by atoms with van der Waals surface area (Å²) in [5, 5.41) is 3.72. The number of sulfonamides is 1. The van der Waals surface area contributed by atoms with Crippen LogP contribution in [-0.2, 0) is 15.8 Å². The van der Waals surface area contributed by atoms with Crippen LogP contribution in [0, 0.1) is 0 Å². The van der Waals surface area contributed by atoms with E-state index >= 15 is 0 Å². The third-order valence-electron chi connectivity index (χ3n) is 3.51. The highest BCUT2D eigenvalue weighted by Gasteiger charge is 2.27. The zero-order valence-electron chi connectivity index (χ0n) is 12.4. The number of rotatable bonds is 5. The molecule has 0 aliphatic carbocycles. The van der Waals surface area contributed by atoms with Gasteiger partial charge >= 0.3 is 0 Å². The van der Waals surface area contributed by atoms with Crippen LogP contribution in [0.4, 0.5) is 0 Å². The second-order valence-electron chi connectivity index (χ2n) is 5.10. The van der Waals surface area contributed by atoms with Crippen molar-refractivity contribution in [2.75, 3.05) is 32.7 Å². The molecule has 1 aromatic carbocycles. The lowest BCUT2D eigenvalue weighted by atomic mass is 10.2. The number of thiocarbonyl (C=S) groups is 1. The quantitative estimate of drug-likeness (QED) is 0.645. The molecular formula is C15H21N3O2S2. The van der Waals surface area contributed by atoms with Gasteiger partial charge in [0, 0.05) is 32.7 Å². The number of hydrogen-bond acceptors (Lipinski definition) is 3. The second-order valence-corrected chi connectivity index (χ2v) is 7.46. The van der Waals surface area contributed by atoms with Gasteiger partial charge in [0.15, 0.2) is 5.11 Å². The van der Waals surface area contributed by atoms with Crippen molar-refractivity contribution < 1.29 is 8.42 Å². The lowest BCUT2D eigenvalue weighted by Gasteiger charge is -2.35. The van der Waals surface area contributed by atoms with Crippen molar-refractivity contribution in [3.8, 4) is 0 Å². The first-order valence-electron chi connectivity index (χ1n) is 7.18. The molecular weight excluding hydrogens is 318 g/mol. The van der Waals surface area contributed by atoms with Gasteiger partial charge in [0.25, 0.3) is 0 Å². The molecule has 7 heteroatoms. The first kappa shape index (κ1) is 16.9. The summed E-state index contributed by atoms with van der Waals surface area (Å²) >= 11 is 5.28. The fourth-order valence-corrected chi connectivity index (χ4v) is 4.10. The summed E-state index contributed by atoms with van der Waals surface area (Å²) in [7, 11) is -3.28. The zero-order chi connectivity index (χ0) is 16.0. The molecule has 5 nitrogen and oxygen atoms in total. The average Bonchev–Trinajstić information content (AvgIpc) is 2.53. The van der Waals surface area contributed by atoms with Crippen molar-refractivity contribution >= 4 is 27.4 Å². The summed E-state index contributed by atoms with van der Waals surface area (Å²) in [5.74, 6) is 0.0486. The number of nitrogens with zero attached hydrogens (tertiary/aromatic N) is 2. The Morgan fingerprint density at radius 3 is 2.45 bits per heavy atom. The third kappa shape index (κ3) is 4.53. The third-order valence-corrected chi connectivity index (χ3v) is 5.76. The lowest BCUT2D eigenvalue weighted by Crippen LogP contribution is -2.53. The fourth-order valence-electron chi connectivity index (χ4n) is 2.32. The van der Waals surface area contributed by atoms with Gasteiger partial charge in [0.2, 0.25) is 10.0 Å². The Kier molecular flexibility index (Phi) is 5.93. The minimum Gasteiger partial charge on any atom is -0.359 e. The highest BCUT2D eigenvalue weighted by molar-refractivity contribution is 7.88. The maximum absolute atomic E-state index is 12.4. The van der Waals surface area contributed by atoms with Crippen LogP contribution in [0.25, 0.3) is 0 Å². The molecule has 0 unspecified atom stereocenters. The molecule has 0 spiro atoms. The zero-order valence-corrected chi connectivity index (χ0v) is 14.1. The van der Waals surface area contributed by atoms with Crippen LogP contribution >= 0.6 is 12.2 Å². The van der Waals surface area contributed by atoms with E-state index in [1.807, 2.05) is 35.2 Å². The molecule has 0 radical (unpaired) electrons. The van der Waals surface area contributed by atoms with Crippen LogP contribution in [-0.4, -0.2) is 55.5 Å². The SMILES string of the molecule is C=CCNC(=S)N1CCN(S(=O)(=O)Cc2ccccc2)CC1. The first-order chi connectivity index (χ1) is 10.5. The molecule has 1 aromatic rings. The maximum Gasteiger partial charge on any atom is 0.218 e. The van der Waals surface area contributed by atoms with E-state index in [2.05, 4.69) is 11.9 Å². The summed E-state index contributed by atoms with van der Waals surface area (Å²) in [4.78, 5) is 1.99. The van der Waals surface area contributed by atoms with Gasteiger partial charge in [0.1, 0.15) is 0 Å². The van der Waals surface area contributed by atoms with Crippen LogP contribution < -0.4 is 5.32 Å². The molecule has 22 heavy (non-hydrogen) atoms. The van der Waals surface area contributed by atoms with Gasteiger partial charge in [-0.05, 0) is 17.8 Å². The van der Waals surface area contributed by atoms with E-state index in [4.69, 9.17) is 12.2 Å². The Morgan fingerprint density at radius 2 is 1.86 bits per heavy atom. The molecule has 0 amide bonds.